The second-order valence-corrected chi connectivity index (χ2v) is 4.30. The van der Waals surface area contributed by atoms with Crippen molar-refractivity contribution in [3.8, 4) is 11.4 Å². The van der Waals surface area contributed by atoms with Gasteiger partial charge >= 0.3 is 0 Å². The number of hydrogen-bond acceptors (Lipinski definition) is 5. The van der Waals surface area contributed by atoms with Gasteiger partial charge in [-0.1, -0.05) is 6.07 Å². The van der Waals surface area contributed by atoms with Crippen LogP contribution in [0.2, 0.25) is 0 Å². The van der Waals surface area contributed by atoms with Crippen LogP contribution in [-0.2, 0) is 11.3 Å². The van der Waals surface area contributed by atoms with Gasteiger partial charge in [0, 0.05) is 13.3 Å². The molecule has 2 rings (SSSR count). The molecule has 0 saturated carbocycles. The van der Waals surface area contributed by atoms with Gasteiger partial charge in [0.05, 0.1) is 18.8 Å². The number of rotatable bonds is 5. The fourth-order valence-corrected chi connectivity index (χ4v) is 1.79. The van der Waals surface area contributed by atoms with E-state index in [1.165, 1.54) is 13.2 Å². The van der Waals surface area contributed by atoms with Crippen LogP contribution in [0.1, 0.15) is 10.4 Å². The van der Waals surface area contributed by atoms with E-state index in [-0.39, 0.29) is 12.1 Å². The van der Waals surface area contributed by atoms with Gasteiger partial charge in [-0.15, -0.1) is 0 Å². The average Bonchev–Trinajstić information content (AvgIpc) is 2.46. The number of ether oxygens (including phenoxy) is 1. The predicted octanol–water partition coefficient (Wildman–Crippen LogP) is 1.33. The molecule has 2 heterocycles. The molecule has 6 nitrogen and oxygen atoms in total. The molecule has 0 aliphatic carbocycles. The number of halogens is 1. The summed E-state index contributed by atoms with van der Waals surface area (Å²) in [5.74, 6) is 0. The molecule has 104 valence electrons. The summed E-state index contributed by atoms with van der Waals surface area (Å²) >= 11 is 5.44. The van der Waals surface area contributed by atoms with E-state index >= 15 is 0 Å². The molecule has 7 heteroatoms. The highest BCUT2D eigenvalue weighted by atomic mass is 35.5. The lowest BCUT2D eigenvalue weighted by Gasteiger charge is -2.08. The first-order valence-corrected chi connectivity index (χ1v) is 6.23. The molecule has 0 atom stereocenters. The average molecular weight is 294 g/mol. The fourth-order valence-electron chi connectivity index (χ4n) is 1.65. The van der Waals surface area contributed by atoms with Crippen molar-refractivity contribution in [2.24, 2.45) is 0 Å². The predicted molar refractivity (Wildman–Crippen MR) is 73.8 cm³/mol. The minimum atomic E-state index is -0.819. The van der Waals surface area contributed by atoms with Crippen molar-refractivity contribution in [3.63, 3.8) is 0 Å². The van der Waals surface area contributed by atoms with Crippen LogP contribution >= 0.6 is 11.6 Å². The summed E-state index contributed by atoms with van der Waals surface area (Å²) < 4.78 is 6.07. The van der Waals surface area contributed by atoms with Gasteiger partial charge in [0.25, 0.3) is 10.8 Å². The molecule has 0 N–H and O–H groups in total. The lowest BCUT2D eigenvalue weighted by molar-refractivity contribution is 0.107. The van der Waals surface area contributed by atoms with Crippen LogP contribution in [0.15, 0.2) is 35.3 Å². The van der Waals surface area contributed by atoms with E-state index in [1.54, 1.807) is 24.4 Å². The molecule has 0 saturated heterocycles. The lowest BCUT2D eigenvalue weighted by atomic mass is 10.2. The van der Waals surface area contributed by atoms with E-state index in [9.17, 15) is 9.59 Å². The summed E-state index contributed by atoms with van der Waals surface area (Å²) in [6.07, 6.45) is 1.60. The fraction of sp³-hybridized carbons (Fsp3) is 0.231. The van der Waals surface area contributed by atoms with E-state index in [2.05, 4.69) is 10.1 Å². The molecular weight excluding hydrogens is 282 g/mol. The van der Waals surface area contributed by atoms with E-state index in [0.29, 0.717) is 18.0 Å². The Bertz CT molecular complexity index is 670. The third-order valence-electron chi connectivity index (χ3n) is 2.62. The number of pyridine rings is 1. The molecule has 0 spiro atoms. The van der Waals surface area contributed by atoms with Crippen molar-refractivity contribution in [2.75, 3.05) is 13.7 Å². The van der Waals surface area contributed by atoms with Crippen LogP contribution in [0.4, 0.5) is 0 Å². The van der Waals surface area contributed by atoms with E-state index in [4.69, 9.17) is 16.3 Å². The molecule has 0 radical (unpaired) electrons. The highest BCUT2D eigenvalue weighted by Crippen LogP contribution is 2.13. The Labute approximate surface area is 120 Å². The minimum Gasteiger partial charge on any atom is -0.383 e. The van der Waals surface area contributed by atoms with Crippen LogP contribution in [0, 0.1) is 0 Å². The first kappa shape index (κ1) is 14.4. The van der Waals surface area contributed by atoms with Crippen molar-refractivity contribution >= 4 is 16.8 Å². The second-order valence-electron chi connectivity index (χ2n) is 3.95. The first-order valence-electron chi connectivity index (χ1n) is 5.86. The first-order chi connectivity index (χ1) is 9.63. The zero-order valence-electron chi connectivity index (χ0n) is 10.7. The van der Waals surface area contributed by atoms with Gasteiger partial charge < -0.3 is 4.74 Å². The number of carbonyl (C=O) groups is 1. The quantitative estimate of drug-likeness (QED) is 0.778. The van der Waals surface area contributed by atoms with Gasteiger partial charge in [0.2, 0.25) is 0 Å². The second kappa shape index (κ2) is 6.40. The summed E-state index contributed by atoms with van der Waals surface area (Å²) in [7, 11) is 1.52. The molecule has 0 fully saturated rings. The summed E-state index contributed by atoms with van der Waals surface area (Å²) in [5, 5.41) is 3.36. The summed E-state index contributed by atoms with van der Waals surface area (Å²) in [5.41, 5.74) is 0.295. The Balaban J connectivity index is 2.56. The molecule has 0 amide bonds. The van der Waals surface area contributed by atoms with Crippen LogP contribution in [0.5, 0.6) is 0 Å². The molecule has 2 aromatic heterocycles. The normalized spacial score (nSPS) is 10.5. The van der Waals surface area contributed by atoms with Crippen LogP contribution < -0.4 is 5.56 Å². The molecule has 0 aliphatic heterocycles. The van der Waals surface area contributed by atoms with Crippen molar-refractivity contribution in [1.29, 1.82) is 0 Å². The van der Waals surface area contributed by atoms with E-state index < -0.39 is 10.8 Å². The lowest BCUT2D eigenvalue weighted by Crippen LogP contribution is -2.29. The summed E-state index contributed by atoms with van der Waals surface area (Å²) in [6.45, 7) is 0.529. The molecule has 0 aromatic carbocycles. The zero-order chi connectivity index (χ0) is 14.5. The Morgan fingerprint density at radius 3 is 2.80 bits per heavy atom. The minimum absolute atomic E-state index is 0.126. The molecule has 20 heavy (non-hydrogen) atoms. The van der Waals surface area contributed by atoms with Crippen LogP contribution in [0.3, 0.4) is 0 Å². The van der Waals surface area contributed by atoms with Gasteiger partial charge in [-0.2, -0.15) is 5.10 Å². The zero-order valence-corrected chi connectivity index (χ0v) is 11.5. The van der Waals surface area contributed by atoms with Crippen molar-refractivity contribution < 1.29 is 9.53 Å². The Kier molecular flexibility index (Phi) is 4.60. The van der Waals surface area contributed by atoms with Gasteiger partial charge in [-0.05, 0) is 29.8 Å². The molecular formula is C13H12ClN3O3. The molecule has 0 bridgehead atoms. The number of aromatic nitrogens is 3. The van der Waals surface area contributed by atoms with Crippen LogP contribution in [-0.4, -0.2) is 33.7 Å². The third kappa shape index (κ3) is 3.09. The number of methoxy groups -OCH3 is 1. The third-order valence-corrected chi connectivity index (χ3v) is 2.82. The largest absolute Gasteiger partial charge is 0.383 e. The highest BCUT2D eigenvalue weighted by Gasteiger charge is 2.15. The van der Waals surface area contributed by atoms with Gasteiger partial charge in [-0.25, -0.2) is 4.68 Å². The number of nitrogens with zero attached hydrogens (tertiary/aromatic N) is 3. The van der Waals surface area contributed by atoms with E-state index in [0.717, 1.165) is 4.68 Å². The van der Waals surface area contributed by atoms with Gasteiger partial charge in [0.15, 0.2) is 0 Å². The Morgan fingerprint density at radius 2 is 2.20 bits per heavy atom. The highest BCUT2D eigenvalue weighted by molar-refractivity contribution is 6.67. The Hall–Kier alpha value is -2.05. The van der Waals surface area contributed by atoms with Crippen molar-refractivity contribution in [3.05, 3.63) is 46.4 Å². The standard InChI is InChI=1S/C13H12ClN3O3/c1-20-7-6-17-13(19)9(12(14)18)8-11(16-17)10-4-2-3-5-15-10/h2-5,8H,6-7H2,1H3. The molecule has 0 aliphatic rings. The number of hydrogen-bond donors (Lipinski definition) is 0. The van der Waals surface area contributed by atoms with Gasteiger partial charge in [-0.3, -0.25) is 14.6 Å². The monoisotopic (exact) mass is 293 g/mol. The van der Waals surface area contributed by atoms with E-state index in [1.807, 2.05) is 0 Å². The van der Waals surface area contributed by atoms with Gasteiger partial charge in [0.1, 0.15) is 11.3 Å². The maximum atomic E-state index is 12.0. The van der Waals surface area contributed by atoms with Crippen molar-refractivity contribution in [1.82, 2.24) is 14.8 Å². The summed E-state index contributed by atoms with van der Waals surface area (Å²) in [6, 6.07) is 6.63. The van der Waals surface area contributed by atoms with Crippen LogP contribution in [0.25, 0.3) is 11.4 Å². The Morgan fingerprint density at radius 1 is 1.40 bits per heavy atom. The smallest absolute Gasteiger partial charge is 0.279 e. The summed E-state index contributed by atoms with van der Waals surface area (Å²) in [4.78, 5) is 27.5. The molecule has 2 aromatic rings. The maximum Gasteiger partial charge on any atom is 0.279 e. The molecule has 0 unspecified atom stereocenters. The maximum absolute atomic E-state index is 12.0. The topological polar surface area (TPSA) is 74.1 Å². The number of carbonyl (C=O) groups excluding carboxylic acids is 1. The van der Waals surface area contributed by atoms with Crippen molar-refractivity contribution in [2.45, 2.75) is 6.54 Å². The SMILES string of the molecule is COCCn1nc(-c2ccccn2)cc(C(=O)Cl)c1=O.